The number of ether oxygens (including phenoxy) is 1. The van der Waals surface area contributed by atoms with E-state index >= 15 is 0 Å². The molecule has 1 aliphatic carbocycles. The van der Waals surface area contributed by atoms with E-state index < -0.39 is 23.5 Å². The van der Waals surface area contributed by atoms with Crippen LogP contribution in [0.2, 0.25) is 0 Å². The second-order valence-electron chi connectivity index (χ2n) is 7.14. The number of esters is 1. The minimum atomic E-state index is -4.67. The number of hydrogen-bond acceptors (Lipinski definition) is 3. The lowest BCUT2D eigenvalue weighted by Crippen LogP contribution is -2.07. The number of allylic oxidation sites excluding steroid dienone is 6. The Hall–Kier alpha value is -3.43. The Bertz CT molecular complexity index is 1210. The predicted molar refractivity (Wildman–Crippen MR) is 122 cm³/mol. The fourth-order valence-electron chi connectivity index (χ4n) is 3.17. The number of hydrogen-bond donors (Lipinski definition) is 1. The number of halogens is 4. The van der Waals surface area contributed by atoms with Gasteiger partial charge in [0.2, 0.25) is 0 Å². The molecule has 7 heteroatoms. The first-order valence-corrected chi connectivity index (χ1v) is 10.5. The van der Waals surface area contributed by atoms with E-state index in [0.717, 1.165) is 12.1 Å². The zero-order chi connectivity index (χ0) is 24.0. The average Bonchev–Trinajstić information content (AvgIpc) is 2.75. The van der Waals surface area contributed by atoms with Gasteiger partial charge in [0.25, 0.3) is 0 Å². The van der Waals surface area contributed by atoms with E-state index in [9.17, 15) is 23.1 Å². The normalized spacial score (nSPS) is 17.8. The Balaban J connectivity index is 2.15. The highest BCUT2D eigenvalue weighted by atomic mass is 35.5. The lowest BCUT2D eigenvalue weighted by atomic mass is 9.95. The fourth-order valence-corrected chi connectivity index (χ4v) is 3.35. The number of phenols is 1. The third-order valence-corrected chi connectivity index (χ3v) is 5.09. The van der Waals surface area contributed by atoms with E-state index in [1.807, 2.05) is 12.2 Å². The molecule has 33 heavy (non-hydrogen) atoms. The van der Waals surface area contributed by atoms with Crippen LogP contribution in [0.15, 0.2) is 65.7 Å². The summed E-state index contributed by atoms with van der Waals surface area (Å²) in [5, 5.41) is 10.1. The minimum Gasteiger partial charge on any atom is -0.508 e. The number of carbonyl (C=O) groups is 1. The summed E-state index contributed by atoms with van der Waals surface area (Å²) in [7, 11) is 0. The number of phenolic OH excluding ortho intramolecular Hbond substituents is 1. The highest BCUT2D eigenvalue weighted by Crippen LogP contribution is 2.34. The summed E-state index contributed by atoms with van der Waals surface area (Å²) >= 11 is 6.18. The highest BCUT2D eigenvalue weighted by molar-refractivity contribution is 6.29. The molecule has 1 aliphatic rings. The van der Waals surface area contributed by atoms with Gasteiger partial charge in [0.05, 0.1) is 17.7 Å². The monoisotopic (exact) mass is 472 g/mol. The zero-order valence-corrected chi connectivity index (χ0v) is 18.4. The standard InChI is InChI=1S/C26H20ClF3O3/c1-2-33-25(32)20-10-8-18(23(15-20)17-5-3-4-6-21(27)13-11-17)7-9-19-12-14-22(31)16-24(19)26(28,29)30/h3,5,8,10-16,31H,2,4,6H2,1H3/b5-3-,17-11+,21-13+. The van der Waals surface area contributed by atoms with Crippen molar-refractivity contribution in [2.45, 2.75) is 25.9 Å². The molecule has 0 unspecified atom stereocenters. The van der Waals surface area contributed by atoms with Crippen LogP contribution in [-0.2, 0) is 10.9 Å². The molecule has 0 saturated heterocycles. The van der Waals surface area contributed by atoms with Gasteiger partial charge in [-0.1, -0.05) is 41.7 Å². The van der Waals surface area contributed by atoms with Crippen molar-refractivity contribution in [2.24, 2.45) is 0 Å². The van der Waals surface area contributed by atoms with E-state index in [4.69, 9.17) is 16.3 Å². The first-order chi connectivity index (χ1) is 15.7. The Kier molecular flexibility index (Phi) is 7.67. The quantitative estimate of drug-likeness (QED) is 0.393. The van der Waals surface area contributed by atoms with Crippen molar-refractivity contribution in [3.8, 4) is 17.6 Å². The Morgan fingerprint density at radius 2 is 1.85 bits per heavy atom. The molecule has 0 spiro atoms. The molecule has 0 saturated carbocycles. The Labute approximate surface area is 194 Å². The van der Waals surface area contributed by atoms with Crippen molar-refractivity contribution in [3.63, 3.8) is 0 Å². The molecule has 2 aromatic rings. The molecule has 0 heterocycles. The number of benzene rings is 2. The molecular weight excluding hydrogens is 453 g/mol. The molecule has 0 radical (unpaired) electrons. The molecule has 0 aromatic heterocycles. The van der Waals surface area contributed by atoms with E-state index in [0.29, 0.717) is 46.2 Å². The molecule has 0 aliphatic heterocycles. The van der Waals surface area contributed by atoms with Crippen molar-refractivity contribution < 1.29 is 27.8 Å². The van der Waals surface area contributed by atoms with Gasteiger partial charge in [0.1, 0.15) is 5.75 Å². The summed E-state index contributed by atoms with van der Waals surface area (Å²) < 4.78 is 45.2. The highest BCUT2D eigenvalue weighted by Gasteiger charge is 2.33. The van der Waals surface area contributed by atoms with E-state index in [2.05, 4.69) is 11.8 Å². The van der Waals surface area contributed by atoms with Gasteiger partial charge in [-0.25, -0.2) is 4.79 Å². The van der Waals surface area contributed by atoms with Gasteiger partial charge < -0.3 is 9.84 Å². The van der Waals surface area contributed by atoms with Crippen molar-refractivity contribution >= 4 is 23.1 Å². The summed E-state index contributed by atoms with van der Waals surface area (Å²) in [5.41, 5.74) is 0.671. The summed E-state index contributed by atoms with van der Waals surface area (Å²) in [4.78, 5) is 12.3. The van der Waals surface area contributed by atoms with Crippen molar-refractivity contribution in [3.05, 3.63) is 93.6 Å². The van der Waals surface area contributed by atoms with Crippen molar-refractivity contribution in [1.82, 2.24) is 0 Å². The third kappa shape index (κ3) is 6.30. The van der Waals surface area contributed by atoms with E-state index in [1.165, 1.54) is 6.07 Å². The smallest absolute Gasteiger partial charge is 0.417 e. The van der Waals surface area contributed by atoms with Gasteiger partial charge in [-0.3, -0.25) is 0 Å². The number of alkyl halides is 3. The molecule has 0 bridgehead atoms. The molecule has 3 rings (SSSR count). The molecule has 0 atom stereocenters. The number of aromatic hydroxyl groups is 1. The first-order valence-electron chi connectivity index (χ1n) is 10.2. The molecule has 3 nitrogen and oxygen atoms in total. The lowest BCUT2D eigenvalue weighted by molar-refractivity contribution is -0.137. The second kappa shape index (κ2) is 10.5. The fraction of sp³-hybridized carbons (Fsp3) is 0.192. The molecule has 2 aromatic carbocycles. The van der Waals surface area contributed by atoms with Crippen LogP contribution < -0.4 is 0 Å². The van der Waals surface area contributed by atoms with Crippen LogP contribution in [-0.4, -0.2) is 17.7 Å². The van der Waals surface area contributed by atoms with Crippen LogP contribution in [0.25, 0.3) is 5.57 Å². The second-order valence-corrected chi connectivity index (χ2v) is 7.62. The predicted octanol–water partition coefficient (Wildman–Crippen LogP) is 6.84. The molecule has 0 amide bonds. The van der Waals surface area contributed by atoms with Crippen LogP contribution in [0.3, 0.4) is 0 Å². The summed E-state index contributed by atoms with van der Waals surface area (Å²) in [6.07, 6.45) is 4.04. The zero-order valence-electron chi connectivity index (χ0n) is 17.7. The maximum Gasteiger partial charge on any atom is 0.417 e. The summed E-state index contributed by atoms with van der Waals surface area (Å²) in [6, 6.07) is 7.60. The van der Waals surface area contributed by atoms with Gasteiger partial charge in [-0.2, -0.15) is 13.2 Å². The van der Waals surface area contributed by atoms with Crippen LogP contribution in [0.1, 0.15) is 52.4 Å². The van der Waals surface area contributed by atoms with Gasteiger partial charge >= 0.3 is 12.1 Å². The minimum absolute atomic E-state index is 0.206. The van der Waals surface area contributed by atoms with Gasteiger partial charge in [0.15, 0.2) is 0 Å². The topological polar surface area (TPSA) is 46.5 Å². The van der Waals surface area contributed by atoms with E-state index in [1.54, 1.807) is 31.2 Å². The van der Waals surface area contributed by atoms with Gasteiger partial charge in [0, 0.05) is 16.2 Å². The summed E-state index contributed by atoms with van der Waals surface area (Å²) in [6.45, 7) is 1.90. The van der Waals surface area contributed by atoms with Crippen LogP contribution in [0.5, 0.6) is 5.75 Å². The van der Waals surface area contributed by atoms with Gasteiger partial charge in [-0.05, 0) is 73.4 Å². The van der Waals surface area contributed by atoms with Gasteiger partial charge in [-0.15, -0.1) is 0 Å². The maximum atomic E-state index is 13.4. The summed E-state index contributed by atoms with van der Waals surface area (Å²) in [5.74, 6) is 4.34. The first kappa shape index (κ1) is 24.2. The molecule has 1 N–H and O–H groups in total. The third-order valence-electron chi connectivity index (χ3n) is 4.77. The Morgan fingerprint density at radius 3 is 2.58 bits per heavy atom. The van der Waals surface area contributed by atoms with Crippen LogP contribution in [0, 0.1) is 11.8 Å². The van der Waals surface area contributed by atoms with Crippen LogP contribution >= 0.6 is 11.6 Å². The maximum absolute atomic E-state index is 13.4. The molecule has 0 fully saturated rings. The molecule has 170 valence electrons. The lowest BCUT2D eigenvalue weighted by Gasteiger charge is -2.11. The molecular formula is C26H20ClF3O3. The Morgan fingerprint density at radius 1 is 1.12 bits per heavy atom. The average molecular weight is 473 g/mol. The largest absolute Gasteiger partial charge is 0.508 e. The van der Waals surface area contributed by atoms with Crippen molar-refractivity contribution in [2.75, 3.05) is 6.61 Å². The number of carbonyl (C=O) groups excluding carboxylic acids is 1. The van der Waals surface area contributed by atoms with E-state index in [-0.39, 0.29) is 12.2 Å². The number of rotatable bonds is 3. The van der Waals surface area contributed by atoms with Crippen molar-refractivity contribution in [1.29, 1.82) is 0 Å². The van der Waals surface area contributed by atoms with Crippen LogP contribution in [0.4, 0.5) is 13.2 Å². The SMILES string of the molecule is CCOC(=O)c1ccc(C#Cc2ccc(O)cc2C(F)(F)F)c(C2=C/C=C(/Cl)CC/C=C\2)c1.